The SMILES string of the molecule is Cc1cc(C)n2ccc(C(=O)NC(C)c3ccc4c(c3)OCO4)c2n1.[HH]. The highest BCUT2D eigenvalue weighted by atomic mass is 16.7. The van der Waals surface area contributed by atoms with Crippen molar-refractivity contribution in [3.05, 3.63) is 59.0 Å². The Morgan fingerprint density at radius 2 is 2.04 bits per heavy atom. The van der Waals surface area contributed by atoms with E-state index < -0.39 is 0 Å². The molecule has 3 aromatic rings. The van der Waals surface area contributed by atoms with Crippen LogP contribution in [0.3, 0.4) is 0 Å². The summed E-state index contributed by atoms with van der Waals surface area (Å²) in [4.78, 5) is 17.2. The molecule has 4 rings (SSSR count). The van der Waals surface area contributed by atoms with Gasteiger partial charge in [0.1, 0.15) is 5.65 Å². The normalized spacial score (nSPS) is 13.9. The van der Waals surface area contributed by atoms with E-state index in [4.69, 9.17) is 9.47 Å². The highest BCUT2D eigenvalue weighted by Gasteiger charge is 2.19. The van der Waals surface area contributed by atoms with Crippen LogP contribution < -0.4 is 14.8 Å². The lowest BCUT2D eigenvalue weighted by Gasteiger charge is -2.14. The molecule has 6 heteroatoms. The van der Waals surface area contributed by atoms with Gasteiger partial charge in [-0.1, -0.05) is 6.07 Å². The predicted octanol–water partition coefficient (Wildman–Crippen LogP) is 3.42. The van der Waals surface area contributed by atoms with Crippen LogP contribution in [0, 0.1) is 13.8 Å². The lowest BCUT2D eigenvalue weighted by atomic mass is 10.1. The molecule has 0 fully saturated rings. The van der Waals surface area contributed by atoms with Gasteiger partial charge in [-0.25, -0.2) is 4.98 Å². The van der Waals surface area contributed by atoms with Gasteiger partial charge in [-0.15, -0.1) is 0 Å². The number of ether oxygens (including phenoxy) is 2. The second kappa shape index (κ2) is 5.81. The minimum Gasteiger partial charge on any atom is -0.454 e. The molecule has 1 aromatic carbocycles. The number of hydrogen-bond donors (Lipinski definition) is 1. The van der Waals surface area contributed by atoms with Crippen molar-refractivity contribution >= 4 is 11.6 Å². The van der Waals surface area contributed by atoms with Gasteiger partial charge in [0.25, 0.3) is 5.91 Å². The number of carbonyl (C=O) groups excluding carboxylic acids is 1. The molecular formula is C19H21N3O3. The van der Waals surface area contributed by atoms with E-state index in [9.17, 15) is 4.79 Å². The molecule has 3 heterocycles. The predicted molar refractivity (Wildman–Crippen MR) is 95.2 cm³/mol. The summed E-state index contributed by atoms with van der Waals surface area (Å²) in [6.45, 7) is 6.10. The van der Waals surface area contributed by atoms with Crippen molar-refractivity contribution in [2.75, 3.05) is 6.79 Å². The van der Waals surface area contributed by atoms with Crippen LogP contribution in [0.15, 0.2) is 36.5 Å². The van der Waals surface area contributed by atoms with Crippen LogP contribution in [0.1, 0.15) is 41.7 Å². The molecule has 0 saturated heterocycles. The molecule has 2 aromatic heterocycles. The van der Waals surface area contributed by atoms with E-state index in [2.05, 4.69) is 10.3 Å². The molecule has 25 heavy (non-hydrogen) atoms. The number of amides is 1. The Labute approximate surface area is 146 Å². The van der Waals surface area contributed by atoms with E-state index >= 15 is 0 Å². The Morgan fingerprint density at radius 1 is 1.24 bits per heavy atom. The van der Waals surface area contributed by atoms with Crippen molar-refractivity contribution in [2.24, 2.45) is 0 Å². The lowest BCUT2D eigenvalue weighted by molar-refractivity contribution is 0.0941. The maximum Gasteiger partial charge on any atom is 0.255 e. The fourth-order valence-corrected chi connectivity index (χ4v) is 3.11. The highest BCUT2D eigenvalue weighted by molar-refractivity contribution is 6.00. The fraction of sp³-hybridized carbons (Fsp3) is 0.263. The fourth-order valence-electron chi connectivity index (χ4n) is 3.11. The Kier molecular flexibility index (Phi) is 3.60. The standard InChI is InChI=1S/C19H19N3O3.H2/c1-11-8-12(2)22-7-6-15(18(22)20-11)19(23)21-13(3)14-4-5-16-17(9-14)25-10-24-16;/h4-9,13H,10H2,1-3H3,(H,21,23);1H. The summed E-state index contributed by atoms with van der Waals surface area (Å²) in [5.74, 6) is 1.29. The molecule has 1 aliphatic rings. The molecule has 130 valence electrons. The van der Waals surface area contributed by atoms with Crippen LogP contribution in [0.5, 0.6) is 11.5 Å². The van der Waals surface area contributed by atoms with Gasteiger partial charge in [0.2, 0.25) is 6.79 Å². The second-order valence-corrected chi connectivity index (χ2v) is 6.27. The molecule has 6 nitrogen and oxygen atoms in total. The topological polar surface area (TPSA) is 64.9 Å². The molecule has 1 amide bonds. The zero-order valence-electron chi connectivity index (χ0n) is 14.4. The molecule has 0 radical (unpaired) electrons. The van der Waals surface area contributed by atoms with Gasteiger partial charge in [-0.2, -0.15) is 0 Å². The van der Waals surface area contributed by atoms with Crippen molar-refractivity contribution in [3.8, 4) is 11.5 Å². The average molecular weight is 339 g/mol. The maximum absolute atomic E-state index is 12.7. The Bertz CT molecular complexity index is 984. The molecular weight excluding hydrogens is 318 g/mol. The Morgan fingerprint density at radius 3 is 2.88 bits per heavy atom. The Balaban J connectivity index is 0.00000196. The monoisotopic (exact) mass is 339 g/mol. The summed E-state index contributed by atoms with van der Waals surface area (Å²) in [6.07, 6.45) is 1.87. The van der Waals surface area contributed by atoms with Crippen molar-refractivity contribution < 1.29 is 15.7 Å². The second-order valence-electron chi connectivity index (χ2n) is 6.27. The van der Waals surface area contributed by atoms with Crippen LogP contribution >= 0.6 is 0 Å². The van der Waals surface area contributed by atoms with Gasteiger partial charge in [-0.05, 0) is 50.6 Å². The first kappa shape index (κ1) is 15.5. The molecule has 1 unspecified atom stereocenters. The number of nitrogens with one attached hydrogen (secondary N) is 1. The van der Waals surface area contributed by atoms with Crippen LogP contribution in [-0.2, 0) is 0 Å². The first-order valence-electron chi connectivity index (χ1n) is 8.18. The molecule has 0 bridgehead atoms. The molecule has 0 aliphatic carbocycles. The third kappa shape index (κ3) is 2.69. The average Bonchev–Trinajstić information content (AvgIpc) is 3.20. The van der Waals surface area contributed by atoms with Crippen molar-refractivity contribution in [3.63, 3.8) is 0 Å². The zero-order chi connectivity index (χ0) is 17.6. The largest absolute Gasteiger partial charge is 0.454 e. The lowest BCUT2D eigenvalue weighted by Crippen LogP contribution is -2.26. The van der Waals surface area contributed by atoms with Gasteiger partial charge in [0, 0.05) is 19.0 Å². The summed E-state index contributed by atoms with van der Waals surface area (Å²) in [5.41, 5.74) is 4.14. The summed E-state index contributed by atoms with van der Waals surface area (Å²) in [7, 11) is 0. The van der Waals surface area contributed by atoms with Gasteiger partial charge in [0.05, 0.1) is 11.6 Å². The molecule has 0 spiro atoms. The molecule has 0 saturated carbocycles. The maximum atomic E-state index is 12.7. The van der Waals surface area contributed by atoms with Gasteiger partial charge < -0.3 is 19.2 Å². The van der Waals surface area contributed by atoms with E-state index in [1.165, 1.54) is 0 Å². The molecule has 1 N–H and O–H groups in total. The number of fused-ring (bicyclic) bond motifs is 2. The van der Waals surface area contributed by atoms with E-state index in [0.717, 1.165) is 22.7 Å². The number of benzene rings is 1. The number of nitrogens with zero attached hydrogens (tertiary/aromatic N) is 2. The van der Waals surface area contributed by atoms with E-state index in [1.54, 1.807) is 6.07 Å². The van der Waals surface area contributed by atoms with Gasteiger partial charge in [0.15, 0.2) is 11.5 Å². The smallest absolute Gasteiger partial charge is 0.255 e. The van der Waals surface area contributed by atoms with E-state index in [1.807, 2.05) is 55.6 Å². The summed E-state index contributed by atoms with van der Waals surface area (Å²) in [5, 5.41) is 3.03. The van der Waals surface area contributed by atoms with Crippen LogP contribution in [0.4, 0.5) is 0 Å². The van der Waals surface area contributed by atoms with Crippen LogP contribution in [-0.4, -0.2) is 22.1 Å². The molecule has 1 atom stereocenters. The highest BCUT2D eigenvalue weighted by Crippen LogP contribution is 2.34. The third-order valence-electron chi connectivity index (χ3n) is 4.43. The molecule has 1 aliphatic heterocycles. The number of hydrogen-bond acceptors (Lipinski definition) is 4. The summed E-state index contributed by atoms with van der Waals surface area (Å²) in [6, 6.07) is 9.33. The minimum absolute atomic E-state index is 0. The van der Waals surface area contributed by atoms with Crippen molar-refractivity contribution in [1.29, 1.82) is 0 Å². The summed E-state index contributed by atoms with van der Waals surface area (Å²) >= 11 is 0. The number of carbonyl (C=O) groups is 1. The van der Waals surface area contributed by atoms with Crippen LogP contribution in [0.25, 0.3) is 5.65 Å². The quantitative estimate of drug-likeness (QED) is 0.794. The van der Waals surface area contributed by atoms with Gasteiger partial charge in [-0.3, -0.25) is 4.79 Å². The van der Waals surface area contributed by atoms with E-state index in [0.29, 0.717) is 17.0 Å². The number of aromatic nitrogens is 2. The first-order valence-corrected chi connectivity index (χ1v) is 8.18. The Hall–Kier alpha value is -3.02. The minimum atomic E-state index is -0.164. The summed E-state index contributed by atoms with van der Waals surface area (Å²) < 4.78 is 12.6. The first-order chi connectivity index (χ1) is 12.0. The zero-order valence-corrected chi connectivity index (χ0v) is 14.4. The van der Waals surface area contributed by atoms with E-state index in [-0.39, 0.29) is 20.2 Å². The van der Waals surface area contributed by atoms with Crippen LogP contribution in [0.2, 0.25) is 0 Å². The van der Waals surface area contributed by atoms with Crippen molar-refractivity contribution in [1.82, 2.24) is 14.7 Å². The number of aryl methyl sites for hydroxylation is 2. The van der Waals surface area contributed by atoms with Gasteiger partial charge >= 0.3 is 0 Å². The number of rotatable bonds is 3. The van der Waals surface area contributed by atoms with Crippen molar-refractivity contribution in [2.45, 2.75) is 26.8 Å². The third-order valence-corrected chi connectivity index (χ3v) is 4.43.